The minimum absolute atomic E-state index is 0.0209. The molecule has 0 aromatic heterocycles. The zero-order chi connectivity index (χ0) is 20.4. The molecule has 0 saturated carbocycles. The molecule has 6 nitrogen and oxygen atoms in total. The van der Waals surface area contributed by atoms with Crippen LogP contribution in [0, 0.1) is 0 Å². The Bertz CT molecular complexity index is 743. The van der Waals surface area contributed by atoms with Crippen molar-refractivity contribution in [2.75, 3.05) is 40.0 Å². The Kier molecular flexibility index (Phi) is 8.04. The standard InChI is InChI=1S/C23H30N2O4/c1-27-16-13-24-17-22(26)25-23(11-14-28-15-12-23)20-7-9-21(10-8-20)29-18-19-5-3-2-4-6-19/h2-10,24H,11-18H2,1H3,(H,25,26). The molecule has 156 valence electrons. The van der Waals surface area contributed by atoms with Crippen LogP contribution in [0.25, 0.3) is 0 Å². The van der Waals surface area contributed by atoms with Crippen LogP contribution in [0.3, 0.4) is 0 Å². The van der Waals surface area contributed by atoms with Crippen LogP contribution in [0.2, 0.25) is 0 Å². The van der Waals surface area contributed by atoms with Crippen LogP contribution in [-0.4, -0.2) is 45.9 Å². The van der Waals surface area contributed by atoms with E-state index in [0.717, 1.165) is 29.7 Å². The molecule has 6 heteroatoms. The number of benzene rings is 2. The largest absolute Gasteiger partial charge is 0.489 e. The molecule has 0 spiro atoms. The number of amides is 1. The van der Waals surface area contributed by atoms with E-state index in [0.29, 0.717) is 33.0 Å². The number of carbonyl (C=O) groups is 1. The second kappa shape index (κ2) is 11.0. The van der Waals surface area contributed by atoms with Crippen molar-refractivity contribution in [2.24, 2.45) is 0 Å². The van der Waals surface area contributed by atoms with Crippen LogP contribution in [-0.2, 0) is 26.4 Å². The maximum Gasteiger partial charge on any atom is 0.234 e. The molecule has 1 aliphatic rings. The Morgan fingerprint density at radius 3 is 2.48 bits per heavy atom. The summed E-state index contributed by atoms with van der Waals surface area (Å²) in [5, 5.41) is 6.34. The Morgan fingerprint density at radius 2 is 1.79 bits per heavy atom. The van der Waals surface area contributed by atoms with Crippen molar-refractivity contribution in [3.8, 4) is 5.75 Å². The van der Waals surface area contributed by atoms with Gasteiger partial charge >= 0.3 is 0 Å². The molecule has 0 unspecified atom stereocenters. The number of rotatable bonds is 10. The van der Waals surface area contributed by atoms with E-state index in [-0.39, 0.29) is 12.5 Å². The molecule has 0 aliphatic carbocycles. The van der Waals surface area contributed by atoms with Gasteiger partial charge in [-0.05, 0) is 36.1 Å². The molecule has 1 aliphatic heterocycles. The van der Waals surface area contributed by atoms with E-state index in [1.165, 1.54) is 0 Å². The Hall–Kier alpha value is -2.41. The van der Waals surface area contributed by atoms with Crippen LogP contribution in [0.4, 0.5) is 0 Å². The maximum absolute atomic E-state index is 12.5. The van der Waals surface area contributed by atoms with E-state index in [1.807, 2.05) is 54.6 Å². The lowest BCUT2D eigenvalue weighted by Crippen LogP contribution is -2.51. The summed E-state index contributed by atoms with van der Waals surface area (Å²) in [6.45, 7) is 3.28. The predicted molar refractivity (Wildman–Crippen MR) is 112 cm³/mol. The predicted octanol–water partition coefficient (Wildman–Crippen LogP) is 2.62. The third-order valence-electron chi connectivity index (χ3n) is 5.15. The normalized spacial score (nSPS) is 15.6. The van der Waals surface area contributed by atoms with Gasteiger partial charge in [0.1, 0.15) is 12.4 Å². The van der Waals surface area contributed by atoms with E-state index in [1.54, 1.807) is 7.11 Å². The first-order chi connectivity index (χ1) is 14.2. The maximum atomic E-state index is 12.5. The summed E-state index contributed by atoms with van der Waals surface area (Å²) in [4.78, 5) is 12.5. The van der Waals surface area contributed by atoms with Crippen molar-refractivity contribution < 1.29 is 19.0 Å². The third kappa shape index (κ3) is 6.29. The number of hydrogen-bond donors (Lipinski definition) is 2. The quantitative estimate of drug-likeness (QED) is 0.602. The van der Waals surface area contributed by atoms with Gasteiger partial charge in [-0.1, -0.05) is 42.5 Å². The van der Waals surface area contributed by atoms with E-state index in [2.05, 4.69) is 10.6 Å². The van der Waals surface area contributed by atoms with Crippen LogP contribution in [0.1, 0.15) is 24.0 Å². The molecule has 29 heavy (non-hydrogen) atoms. The van der Waals surface area contributed by atoms with Crippen LogP contribution < -0.4 is 15.4 Å². The number of ether oxygens (including phenoxy) is 3. The second-order valence-electron chi connectivity index (χ2n) is 7.21. The summed E-state index contributed by atoms with van der Waals surface area (Å²) in [7, 11) is 1.64. The average Bonchev–Trinajstić information content (AvgIpc) is 2.77. The topological polar surface area (TPSA) is 68.8 Å². The molecule has 0 bridgehead atoms. The van der Waals surface area contributed by atoms with Gasteiger partial charge in [0.05, 0.1) is 18.7 Å². The van der Waals surface area contributed by atoms with Crippen molar-refractivity contribution >= 4 is 5.91 Å². The first-order valence-corrected chi connectivity index (χ1v) is 10.1. The molecule has 3 rings (SSSR count). The minimum atomic E-state index is -0.407. The number of hydrogen-bond acceptors (Lipinski definition) is 5. The molecule has 1 fully saturated rings. The highest BCUT2D eigenvalue weighted by atomic mass is 16.5. The molecule has 2 aromatic rings. The lowest BCUT2D eigenvalue weighted by Gasteiger charge is -2.38. The van der Waals surface area contributed by atoms with E-state index in [4.69, 9.17) is 14.2 Å². The molecule has 0 radical (unpaired) electrons. The van der Waals surface area contributed by atoms with Gasteiger partial charge in [-0.2, -0.15) is 0 Å². The summed E-state index contributed by atoms with van der Waals surface area (Å²) in [6.07, 6.45) is 1.50. The van der Waals surface area contributed by atoms with Crippen molar-refractivity contribution in [3.63, 3.8) is 0 Å². The molecule has 1 heterocycles. The van der Waals surface area contributed by atoms with Crippen molar-refractivity contribution in [1.29, 1.82) is 0 Å². The Morgan fingerprint density at radius 1 is 1.07 bits per heavy atom. The van der Waals surface area contributed by atoms with Gasteiger partial charge in [0, 0.05) is 26.9 Å². The van der Waals surface area contributed by atoms with Crippen LogP contribution in [0.5, 0.6) is 5.75 Å². The SMILES string of the molecule is COCCNCC(=O)NC1(c2ccc(OCc3ccccc3)cc2)CCOCC1. The fraction of sp³-hybridized carbons (Fsp3) is 0.435. The van der Waals surface area contributed by atoms with Crippen LogP contribution in [0.15, 0.2) is 54.6 Å². The molecule has 1 amide bonds. The number of nitrogens with one attached hydrogen (secondary N) is 2. The summed E-state index contributed by atoms with van der Waals surface area (Å²) < 4.78 is 16.4. The van der Waals surface area contributed by atoms with Gasteiger partial charge in [-0.25, -0.2) is 0 Å². The third-order valence-corrected chi connectivity index (χ3v) is 5.15. The highest BCUT2D eigenvalue weighted by molar-refractivity contribution is 5.79. The average molecular weight is 399 g/mol. The highest BCUT2D eigenvalue weighted by Gasteiger charge is 2.35. The van der Waals surface area contributed by atoms with Gasteiger partial charge in [0.2, 0.25) is 5.91 Å². The zero-order valence-electron chi connectivity index (χ0n) is 17.0. The van der Waals surface area contributed by atoms with Gasteiger partial charge in [-0.15, -0.1) is 0 Å². The highest BCUT2D eigenvalue weighted by Crippen LogP contribution is 2.33. The van der Waals surface area contributed by atoms with E-state index < -0.39 is 5.54 Å². The summed E-state index contributed by atoms with van der Waals surface area (Å²) >= 11 is 0. The summed E-state index contributed by atoms with van der Waals surface area (Å²) in [5.41, 5.74) is 1.81. The van der Waals surface area contributed by atoms with Crippen molar-refractivity contribution in [2.45, 2.75) is 25.0 Å². The summed E-state index contributed by atoms with van der Waals surface area (Å²) in [6, 6.07) is 18.1. The lowest BCUT2D eigenvalue weighted by molar-refractivity contribution is -0.123. The fourth-order valence-corrected chi connectivity index (χ4v) is 3.50. The number of methoxy groups -OCH3 is 1. The lowest BCUT2D eigenvalue weighted by atomic mass is 9.82. The van der Waals surface area contributed by atoms with Gasteiger partial charge in [0.15, 0.2) is 0 Å². The van der Waals surface area contributed by atoms with Gasteiger partial charge < -0.3 is 24.8 Å². The Labute approximate surface area is 172 Å². The van der Waals surface area contributed by atoms with E-state index >= 15 is 0 Å². The first-order valence-electron chi connectivity index (χ1n) is 10.1. The van der Waals surface area contributed by atoms with Gasteiger partial charge in [-0.3, -0.25) is 4.79 Å². The molecular weight excluding hydrogens is 368 g/mol. The second-order valence-corrected chi connectivity index (χ2v) is 7.21. The van der Waals surface area contributed by atoms with Gasteiger partial charge in [0.25, 0.3) is 0 Å². The molecule has 2 N–H and O–H groups in total. The zero-order valence-corrected chi connectivity index (χ0v) is 17.0. The van der Waals surface area contributed by atoms with Crippen molar-refractivity contribution in [1.82, 2.24) is 10.6 Å². The summed E-state index contributed by atoms with van der Waals surface area (Å²) in [5.74, 6) is 0.791. The Balaban J connectivity index is 1.62. The minimum Gasteiger partial charge on any atom is -0.489 e. The smallest absolute Gasteiger partial charge is 0.234 e. The first kappa shape index (κ1) is 21.3. The van der Waals surface area contributed by atoms with E-state index in [9.17, 15) is 4.79 Å². The van der Waals surface area contributed by atoms with Crippen LogP contribution >= 0.6 is 0 Å². The molecule has 0 atom stereocenters. The number of carbonyl (C=O) groups excluding carboxylic acids is 1. The molecular formula is C23H30N2O4. The fourth-order valence-electron chi connectivity index (χ4n) is 3.50. The molecule has 2 aromatic carbocycles. The van der Waals surface area contributed by atoms with Crippen molar-refractivity contribution in [3.05, 3.63) is 65.7 Å². The monoisotopic (exact) mass is 398 g/mol. The molecule has 1 saturated heterocycles.